The van der Waals surface area contributed by atoms with Crippen LogP contribution in [0, 0.1) is 12.7 Å². The Bertz CT molecular complexity index is 928. The summed E-state index contributed by atoms with van der Waals surface area (Å²) in [5, 5.41) is 0. The van der Waals surface area contributed by atoms with Crippen molar-refractivity contribution in [3.63, 3.8) is 0 Å². The lowest BCUT2D eigenvalue weighted by Crippen LogP contribution is -2.35. The summed E-state index contributed by atoms with van der Waals surface area (Å²) in [5.74, 6) is -0.470. The van der Waals surface area contributed by atoms with Gasteiger partial charge in [0.2, 0.25) is 15.9 Å². The number of piperidine rings is 1. The Labute approximate surface area is 152 Å². The highest BCUT2D eigenvalue weighted by Gasteiger charge is 2.20. The standard InChI is InChI=1S/C19H21FN2O3S/c1-14-8-9-17(12-18(14)20)26(24,25)21-13-15-5-4-6-16(11-15)22-10-3-2-7-19(22)23/h4-6,8-9,11-12,21H,2-3,7,10,13H2,1H3. The highest BCUT2D eigenvalue weighted by Crippen LogP contribution is 2.22. The van der Waals surface area contributed by atoms with Crippen molar-refractivity contribution in [3.8, 4) is 0 Å². The molecule has 1 fully saturated rings. The number of hydrogen-bond donors (Lipinski definition) is 1. The van der Waals surface area contributed by atoms with Crippen molar-refractivity contribution in [2.45, 2.75) is 37.6 Å². The van der Waals surface area contributed by atoms with Crippen molar-refractivity contribution >= 4 is 21.6 Å². The van der Waals surface area contributed by atoms with Crippen LogP contribution < -0.4 is 9.62 Å². The minimum absolute atomic E-state index is 0.0632. The Kier molecular flexibility index (Phi) is 5.38. The molecular formula is C19H21FN2O3S. The Morgan fingerprint density at radius 1 is 1.15 bits per heavy atom. The number of hydrogen-bond acceptors (Lipinski definition) is 3. The fraction of sp³-hybridized carbons (Fsp3) is 0.316. The monoisotopic (exact) mass is 376 g/mol. The second-order valence-electron chi connectivity index (χ2n) is 6.41. The Morgan fingerprint density at radius 3 is 2.69 bits per heavy atom. The molecule has 3 rings (SSSR count). The van der Waals surface area contributed by atoms with E-state index in [0.29, 0.717) is 18.5 Å². The maximum Gasteiger partial charge on any atom is 0.240 e. The zero-order chi connectivity index (χ0) is 18.7. The SMILES string of the molecule is Cc1ccc(S(=O)(=O)NCc2cccc(N3CCCCC3=O)c2)cc1F. The van der Waals surface area contributed by atoms with Crippen LogP contribution in [0.15, 0.2) is 47.4 Å². The number of nitrogens with zero attached hydrogens (tertiary/aromatic N) is 1. The van der Waals surface area contributed by atoms with Gasteiger partial charge >= 0.3 is 0 Å². The van der Waals surface area contributed by atoms with Crippen LogP contribution in [0.5, 0.6) is 0 Å². The van der Waals surface area contributed by atoms with Crippen LogP contribution >= 0.6 is 0 Å². The molecule has 0 spiro atoms. The second kappa shape index (κ2) is 7.55. The molecule has 1 amide bonds. The summed E-state index contributed by atoms with van der Waals surface area (Å²) in [5.41, 5.74) is 1.90. The van der Waals surface area contributed by atoms with E-state index >= 15 is 0 Å². The topological polar surface area (TPSA) is 66.5 Å². The van der Waals surface area contributed by atoms with E-state index < -0.39 is 15.8 Å². The predicted octanol–water partition coefficient (Wildman–Crippen LogP) is 3.13. The van der Waals surface area contributed by atoms with E-state index in [1.54, 1.807) is 24.0 Å². The number of anilines is 1. The molecule has 1 aliphatic rings. The van der Waals surface area contributed by atoms with Crippen molar-refractivity contribution in [2.24, 2.45) is 0 Å². The third-order valence-electron chi connectivity index (χ3n) is 4.47. The maximum absolute atomic E-state index is 13.6. The molecule has 138 valence electrons. The minimum atomic E-state index is -3.82. The third kappa shape index (κ3) is 4.11. The predicted molar refractivity (Wildman–Crippen MR) is 97.8 cm³/mol. The number of carbonyl (C=O) groups excluding carboxylic acids is 1. The van der Waals surface area contributed by atoms with Crippen LogP contribution in [0.4, 0.5) is 10.1 Å². The lowest BCUT2D eigenvalue weighted by Gasteiger charge is -2.27. The van der Waals surface area contributed by atoms with E-state index in [0.717, 1.165) is 30.2 Å². The Hall–Kier alpha value is -2.25. The molecule has 1 saturated heterocycles. The fourth-order valence-electron chi connectivity index (χ4n) is 2.92. The fourth-order valence-corrected chi connectivity index (χ4v) is 3.94. The first-order valence-electron chi connectivity index (χ1n) is 8.52. The van der Waals surface area contributed by atoms with Crippen molar-refractivity contribution in [1.82, 2.24) is 4.72 Å². The van der Waals surface area contributed by atoms with Gasteiger partial charge in [-0.1, -0.05) is 18.2 Å². The zero-order valence-corrected chi connectivity index (χ0v) is 15.4. The van der Waals surface area contributed by atoms with E-state index in [2.05, 4.69) is 4.72 Å². The second-order valence-corrected chi connectivity index (χ2v) is 8.17. The van der Waals surface area contributed by atoms with Crippen LogP contribution in [-0.4, -0.2) is 20.9 Å². The van der Waals surface area contributed by atoms with Crippen LogP contribution in [0.2, 0.25) is 0 Å². The van der Waals surface area contributed by atoms with Gasteiger partial charge in [-0.15, -0.1) is 0 Å². The first-order chi connectivity index (χ1) is 12.4. The van der Waals surface area contributed by atoms with Gasteiger partial charge < -0.3 is 4.90 Å². The summed E-state index contributed by atoms with van der Waals surface area (Å²) >= 11 is 0. The number of benzene rings is 2. The number of nitrogens with one attached hydrogen (secondary N) is 1. The van der Waals surface area contributed by atoms with Crippen LogP contribution in [0.25, 0.3) is 0 Å². The molecule has 0 atom stereocenters. The zero-order valence-electron chi connectivity index (χ0n) is 14.5. The molecule has 0 bridgehead atoms. The minimum Gasteiger partial charge on any atom is -0.312 e. The summed E-state index contributed by atoms with van der Waals surface area (Å²) in [4.78, 5) is 13.7. The first-order valence-corrected chi connectivity index (χ1v) is 10.0. The van der Waals surface area contributed by atoms with Gasteiger partial charge in [0.15, 0.2) is 0 Å². The molecule has 1 aliphatic heterocycles. The molecule has 7 heteroatoms. The summed E-state index contributed by atoms with van der Waals surface area (Å²) in [6.45, 7) is 2.32. The van der Waals surface area contributed by atoms with E-state index in [9.17, 15) is 17.6 Å². The number of carbonyl (C=O) groups is 1. The van der Waals surface area contributed by atoms with Gasteiger partial charge in [0.25, 0.3) is 0 Å². The number of amides is 1. The Morgan fingerprint density at radius 2 is 1.96 bits per heavy atom. The van der Waals surface area contributed by atoms with E-state index in [1.807, 2.05) is 12.1 Å². The van der Waals surface area contributed by atoms with Gasteiger partial charge in [-0.25, -0.2) is 17.5 Å². The molecule has 0 unspecified atom stereocenters. The molecule has 1 heterocycles. The summed E-state index contributed by atoms with van der Waals surface area (Å²) in [6.07, 6.45) is 2.40. The van der Waals surface area contributed by atoms with Gasteiger partial charge in [-0.2, -0.15) is 0 Å². The molecule has 0 radical (unpaired) electrons. The summed E-state index contributed by atoms with van der Waals surface area (Å²) in [7, 11) is -3.82. The molecule has 2 aromatic rings. The summed E-state index contributed by atoms with van der Waals surface area (Å²) in [6, 6.07) is 11.1. The Balaban J connectivity index is 1.74. The lowest BCUT2D eigenvalue weighted by atomic mass is 10.1. The molecule has 0 aromatic heterocycles. The quantitative estimate of drug-likeness (QED) is 0.872. The highest BCUT2D eigenvalue weighted by molar-refractivity contribution is 7.89. The maximum atomic E-state index is 13.6. The summed E-state index contributed by atoms with van der Waals surface area (Å²) < 4.78 is 40.9. The van der Waals surface area contributed by atoms with Crippen molar-refractivity contribution in [3.05, 3.63) is 59.4 Å². The van der Waals surface area contributed by atoms with Crippen LogP contribution in [-0.2, 0) is 21.4 Å². The van der Waals surface area contributed by atoms with Gasteiger partial charge in [-0.3, -0.25) is 4.79 Å². The smallest absolute Gasteiger partial charge is 0.240 e. The molecule has 1 N–H and O–H groups in total. The number of halogens is 1. The van der Waals surface area contributed by atoms with Crippen molar-refractivity contribution in [2.75, 3.05) is 11.4 Å². The van der Waals surface area contributed by atoms with E-state index in [4.69, 9.17) is 0 Å². The molecule has 0 saturated carbocycles. The first kappa shape index (κ1) is 18.5. The number of rotatable bonds is 5. The largest absolute Gasteiger partial charge is 0.312 e. The average Bonchev–Trinajstić information content (AvgIpc) is 2.63. The molecule has 2 aromatic carbocycles. The number of aryl methyl sites for hydroxylation is 1. The van der Waals surface area contributed by atoms with Crippen molar-refractivity contribution < 1.29 is 17.6 Å². The average molecular weight is 376 g/mol. The van der Waals surface area contributed by atoms with Gasteiger partial charge in [0.1, 0.15) is 5.82 Å². The molecule has 5 nitrogen and oxygen atoms in total. The van der Waals surface area contributed by atoms with Crippen molar-refractivity contribution in [1.29, 1.82) is 0 Å². The molecule has 0 aliphatic carbocycles. The van der Waals surface area contributed by atoms with Gasteiger partial charge in [-0.05, 0) is 55.2 Å². The van der Waals surface area contributed by atoms with Gasteiger partial charge in [0, 0.05) is 25.2 Å². The van der Waals surface area contributed by atoms with E-state index in [1.165, 1.54) is 12.1 Å². The number of sulfonamides is 1. The lowest BCUT2D eigenvalue weighted by molar-refractivity contribution is -0.119. The van der Waals surface area contributed by atoms with Crippen LogP contribution in [0.3, 0.4) is 0 Å². The normalized spacial score (nSPS) is 15.3. The highest BCUT2D eigenvalue weighted by atomic mass is 32.2. The molecule has 26 heavy (non-hydrogen) atoms. The third-order valence-corrected chi connectivity index (χ3v) is 5.86. The van der Waals surface area contributed by atoms with E-state index in [-0.39, 0.29) is 17.3 Å². The van der Waals surface area contributed by atoms with Gasteiger partial charge in [0.05, 0.1) is 4.90 Å². The van der Waals surface area contributed by atoms with Crippen LogP contribution in [0.1, 0.15) is 30.4 Å². The molecular weight excluding hydrogens is 355 g/mol.